The molecule has 1 radical (unpaired) electrons. The van der Waals surface area contributed by atoms with Crippen molar-refractivity contribution in [3.63, 3.8) is 0 Å². The van der Waals surface area contributed by atoms with Gasteiger partial charge in [-0.1, -0.05) is 65.7 Å². The van der Waals surface area contributed by atoms with Crippen molar-refractivity contribution in [3.05, 3.63) is 113 Å². The Morgan fingerprint density at radius 3 is 2.24 bits per heavy atom. The van der Waals surface area contributed by atoms with Gasteiger partial charge in [0.2, 0.25) is 11.7 Å². The van der Waals surface area contributed by atoms with Crippen molar-refractivity contribution in [2.45, 2.75) is 39.2 Å². The average molecular weight is 461 g/mol. The fourth-order valence-electron chi connectivity index (χ4n) is 4.17. The molecule has 0 aliphatic carbocycles. The molecule has 0 aliphatic heterocycles. The van der Waals surface area contributed by atoms with Crippen LogP contribution < -0.4 is 5.32 Å². The van der Waals surface area contributed by atoms with E-state index in [0.29, 0.717) is 23.7 Å². The summed E-state index contributed by atoms with van der Waals surface area (Å²) in [5.74, 6) is -1.000. The number of benzene rings is 3. The Labute approximate surface area is 199 Å². The van der Waals surface area contributed by atoms with Gasteiger partial charge in [-0.05, 0) is 62.1 Å². The first-order valence-electron chi connectivity index (χ1n) is 11.4. The minimum atomic E-state index is -0.636. The van der Waals surface area contributed by atoms with Crippen LogP contribution in [0.15, 0.2) is 65.2 Å². The summed E-state index contributed by atoms with van der Waals surface area (Å²) in [4.78, 5) is 4.62. The molecule has 0 saturated carbocycles. The van der Waals surface area contributed by atoms with E-state index in [-0.39, 0.29) is 0 Å². The summed E-state index contributed by atoms with van der Waals surface area (Å²) in [7, 11) is 0. The normalized spacial score (nSPS) is 12.1. The van der Waals surface area contributed by atoms with Gasteiger partial charge >= 0.3 is 0 Å². The van der Waals surface area contributed by atoms with Crippen molar-refractivity contribution in [2.24, 2.45) is 0 Å². The number of hydrogen-bond donors (Lipinski definition) is 1. The van der Waals surface area contributed by atoms with Gasteiger partial charge in [-0.2, -0.15) is 4.98 Å². The predicted octanol–water partition coefficient (Wildman–Crippen LogP) is 6.32. The molecule has 4 rings (SSSR count). The number of aromatic nitrogens is 2. The van der Waals surface area contributed by atoms with Gasteiger partial charge in [-0.15, -0.1) is 0 Å². The summed E-state index contributed by atoms with van der Waals surface area (Å²) in [5, 5.41) is 7.48. The van der Waals surface area contributed by atoms with E-state index in [4.69, 9.17) is 4.52 Å². The molecular weight excluding hydrogens is 432 g/mol. The maximum Gasteiger partial charge on any atom is 0.234 e. The van der Waals surface area contributed by atoms with Crippen molar-refractivity contribution in [1.82, 2.24) is 15.5 Å². The number of rotatable bonds is 9. The molecular formula is C28H28F2N3O. The lowest BCUT2D eigenvalue weighted by Crippen LogP contribution is -2.13. The number of halogens is 2. The van der Waals surface area contributed by atoms with E-state index in [1.807, 2.05) is 38.1 Å². The Bertz CT molecular complexity index is 1210. The zero-order chi connectivity index (χ0) is 24.1. The molecule has 6 heteroatoms. The molecule has 3 aromatic carbocycles. The van der Waals surface area contributed by atoms with Crippen LogP contribution in [0.5, 0.6) is 0 Å². The highest BCUT2D eigenvalue weighted by molar-refractivity contribution is 5.55. The second kappa shape index (κ2) is 10.7. The second-order valence-electron chi connectivity index (χ2n) is 8.64. The second-order valence-corrected chi connectivity index (χ2v) is 8.64. The van der Waals surface area contributed by atoms with Crippen LogP contribution in [0.25, 0.3) is 11.4 Å². The summed E-state index contributed by atoms with van der Waals surface area (Å²) >= 11 is 0. The van der Waals surface area contributed by atoms with E-state index in [1.54, 1.807) is 0 Å². The minimum Gasteiger partial charge on any atom is -0.338 e. The van der Waals surface area contributed by atoms with Gasteiger partial charge < -0.3 is 9.84 Å². The van der Waals surface area contributed by atoms with Gasteiger partial charge in [0, 0.05) is 18.2 Å². The Kier molecular flexibility index (Phi) is 7.48. The summed E-state index contributed by atoms with van der Waals surface area (Å²) in [6, 6.07) is 17.6. The van der Waals surface area contributed by atoms with Crippen LogP contribution in [-0.4, -0.2) is 16.7 Å². The maximum atomic E-state index is 14.1. The summed E-state index contributed by atoms with van der Waals surface area (Å²) < 4.78 is 33.8. The van der Waals surface area contributed by atoms with Gasteiger partial charge in [0.15, 0.2) is 0 Å². The van der Waals surface area contributed by atoms with Gasteiger partial charge in [0.1, 0.15) is 11.6 Å². The Balaban J connectivity index is 1.64. The van der Waals surface area contributed by atoms with Crippen molar-refractivity contribution in [2.75, 3.05) is 6.54 Å². The van der Waals surface area contributed by atoms with Crippen LogP contribution in [0.2, 0.25) is 0 Å². The van der Waals surface area contributed by atoms with Crippen molar-refractivity contribution in [3.8, 4) is 11.4 Å². The molecule has 34 heavy (non-hydrogen) atoms. The fourth-order valence-corrected chi connectivity index (χ4v) is 4.17. The van der Waals surface area contributed by atoms with Crippen LogP contribution in [0.1, 0.15) is 46.0 Å². The fraction of sp³-hybridized carbons (Fsp3) is 0.250. The first kappa shape index (κ1) is 23.8. The number of nitrogens with zero attached hydrogens (tertiary/aromatic N) is 2. The lowest BCUT2D eigenvalue weighted by molar-refractivity contribution is 0.364. The van der Waals surface area contributed by atoms with E-state index >= 15 is 0 Å². The summed E-state index contributed by atoms with van der Waals surface area (Å²) in [6.07, 6.45) is 1.31. The Morgan fingerprint density at radius 1 is 0.912 bits per heavy atom. The SMILES string of the molecule is [CH2]CCNCc1ccc(-c2noc(C(Cc3cc(C)cc(C)c3)c3cc(F)cc(F)c3)n2)cc1. The highest BCUT2D eigenvalue weighted by Crippen LogP contribution is 2.31. The lowest BCUT2D eigenvalue weighted by Gasteiger charge is -2.15. The Morgan fingerprint density at radius 2 is 1.59 bits per heavy atom. The van der Waals surface area contributed by atoms with Crippen molar-refractivity contribution < 1.29 is 13.3 Å². The molecule has 4 aromatic rings. The maximum absolute atomic E-state index is 14.1. The van der Waals surface area contributed by atoms with Crippen LogP contribution in [0, 0.1) is 32.4 Å². The summed E-state index contributed by atoms with van der Waals surface area (Å²) in [6.45, 7) is 9.49. The molecule has 0 fully saturated rings. The van der Waals surface area contributed by atoms with Crippen molar-refractivity contribution in [1.29, 1.82) is 0 Å². The van der Waals surface area contributed by atoms with Crippen molar-refractivity contribution >= 4 is 0 Å². The minimum absolute atomic E-state index is 0.320. The average Bonchev–Trinajstić information content (AvgIpc) is 3.27. The van der Waals surface area contributed by atoms with E-state index in [9.17, 15) is 8.78 Å². The third-order valence-corrected chi connectivity index (χ3v) is 5.64. The highest BCUT2D eigenvalue weighted by Gasteiger charge is 2.24. The van der Waals surface area contributed by atoms with Gasteiger partial charge in [0.25, 0.3) is 0 Å². The zero-order valence-corrected chi connectivity index (χ0v) is 19.4. The quantitative estimate of drug-likeness (QED) is 0.297. The van der Waals surface area contributed by atoms with Gasteiger partial charge in [-0.25, -0.2) is 8.78 Å². The zero-order valence-electron chi connectivity index (χ0n) is 19.4. The monoisotopic (exact) mass is 460 g/mol. The molecule has 0 aliphatic rings. The standard InChI is InChI=1S/C28H28F2N3O/c1-4-9-31-17-20-5-7-22(8-6-20)27-32-28(34-33-27)26(23-14-24(29)16-25(30)15-23)13-21-11-18(2)10-19(3)12-21/h5-8,10-12,14-16,26,31H,1,4,9,13,17H2,2-3H3. The molecule has 1 atom stereocenters. The molecule has 1 N–H and O–H groups in total. The topological polar surface area (TPSA) is 51.0 Å². The molecule has 0 spiro atoms. The van der Waals surface area contributed by atoms with Crippen LogP contribution in [-0.2, 0) is 13.0 Å². The van der Waals surface area contributed by atoms with E-state index in [0.717, 1.165) is 53.4 Å². The molecule has 175 valence electrons. The van der Waals surface area contributed by atoms with Crippen LogP contribution in [0.3, 0.4) is 0 Å². The highest BCUT2D eigenvalue weighted by atomic mass is 19.1. The Hall–Kier alpha value is -3.38. The van der Waals surface area contributed by atoms with E-state index in [2.05, 4.69) is 40.6 Å². The molecule has 4 nitrogen and oxygen atoms in total. The van der Waals surface area contributed by atoms with Gasteiger partial charge in [-0.3, -0.25) is 0 Å². The first-order chi connectivity index (χ1) is 16.4. The number of nitrogens with one attached hydrogen (secondary N) is 1. The molecule has 0 amide bonds. The van der Waals surface area contributed by atoms with E-state index in [1.165, 1.54) is 12.1 Å². The van der Waals surface area contributed by atoms with Crippen LogP contribution in [0.4, 0.5) is 8.78 Å². The molecule has 1 heterocycles. The smallest absolute Gasteiger partial charge is 0.234 e. The summed E-state index contributed by atoms with van der Waals surface area (Å²) in [5.41, 5.74) is 5.69. The lowest BCUT2D eigenvalue weighted by atomic mass is 9.90. The third-order valence-electron chi connectivity index (χ3n) is 5.64. The molecule has 1 unspecified atom stereocenters. The number of hydrogen-bond acceptors (Lipinski definition) is 4. The largest absolute Gasteiger partial charge is 0.338 e. The first-order valence-corrected chi connectivity index (χ1v) is 11.4. The molecule has 0 saturated heterocycles. The molecule has 1 aromatic heterocycles. The van der Waals surface area contributed by atoms with Gasteiger partial charge in [0.05, 0.1) is 5.92 Å². The number of aryl methyl sites for hydroxylation is 2. The molecule has 0 bridgehead atoms. The predicted molar refractivity (Wildman–Crippen MR) is 129 cm³/mol. The van der Waals surface area contributed by atoms with E-state index < -0.39 is 17.6 Å². The third kappa shape index (κ3) is 5.94. The van der Waals surface area contributed by atoms with Crippen LogP contribution >= 0.6 is 0 Å².